The minimum absolute atomic E-state index is 0.492. The lowest BCUT2D eigenvalue weighted by Gasteiger charge is -2.08. The first-order valence-electron chi connectivity index (χ1n) is 6.20. The van der Waals surface area contributed by atoms with E-state index in [9.17, 15) is 0 Å². The maximum absolute atomic E-state index is 8.70. The lowest BCUT2D eigenvalue weighted by atomic mass is 9.97. The second-order valence-electron chi connectivity index (χ2n) is 4.76. The van der Waals surface area contributed by atoms with Gasteiger partial charge >= 0.3 is 0 Å². The van der Waals surface area contributed by atoms with Gasteiger partial charge in [0.2, 0.25) is 0 Å². The molecule has 0 radical (unpaired) electrons. The highest BCUT2D eigenvalue weighted by Gasteiger charge is 2.02. The van der Waals surface area contributed by atoms with Crippen LogP contribution in [0.1, 0.15) is 27.8 Å². The highest BCUT2D eigenvalue weighted by molar-refractivity contribution is 5.36. The van der Waals surface area contributed by atoms with Crippen LogP contribution >= 0.6 is 0 Å². The summed E-state index contributed by atoms with van der Waals surface area (Å²) in [5.41, 5.74) is 6.34. The van der Waals surface area contributed by atoms with Gasteiger partial charge in [0.1, 0.15) is 0 Å². The minimum Gasteiger partial charge on any atom is -0.198 e. The Labute approximate surface area is 109 Å². The Morgan fingerprint density at radius 1 is 1.00 bits per heavy atom. The molecule has 0 aromatic heterocycles. The summed E-state index contributed by atoms with van der Waals surface area (Å²) < 4.78 is 0. The minimum atomic E-state index is 0.492. The van der Waals surface area contributed by atoms with Crippen LogP contribution in [0.15, 0.2) is 42.5 Å². The number of nitriles is 1. The van der Waals surface area contributed by atoms with Crippen molar-refractivity contribution in [2.45, 2.75) is 26.7 Å². The zero-order valence-corrected chi connectivity index (χ0v) is 10.9. The van der Waals surface area contributed by atoms with Crippen molar-refractivity contribution in [3.05, 3.63) is 70.3 Å². The van der Waals surface area contributed by atoms with E-state index in [1.165, 1.54) is 22.3 Å². The molecule has 0 saturated carbocycles. The molecular weight excluding hydrogens is 218 g/mol. The van der Waals surface area contributed by atoms with Crippen LogP contribution in [0.25, 0.3) is 0 Å². The lowest BCUT2D eigenvalue weighted by molar-refractivity contribution is 1.13. The summed E-state index contributed by atoms with van der Waals surface area (Å²) >= 11 is 0. The molecule has 0 unspecified atom stereocenters. The molecule has 0 aliphatic rings. The molecule has 1 heteroatoms. The highest BCUT2D eigenvalue weighted by atomic mass is 14.2. The SMILES string of the molecule is Cc1cccc(Cc2ccc(CC#N)cc2C)c1. The van der Waals surface area contributed by atoms with E-state index < -0.39 is 0 Å². The Bertz CT molecular complexity index is 591. The van der Waals surface area contributed by atoms with Crippen LogP contribution in [0, 0.1) is 25.2 Å². The maximum atomic E-state index is 8.70. The molecule has 0 heterocycles. The Morgan fingerprint density at radius 3 is 2.50 bits per heavy atom. The predicted octanol–water partition coefficient (Wildman–Crippen LogP) is 3.96. The maximum Gasteiger partial charge on any atom is 0.0669 e. The zero-order valence-electron chi connectivity index (χ0n) is 10.9. The van der Waals surface area contributed by atoms with Gasteiger partial charge in [-0.25, -0.2) is 0 Å². The lowest BCUT2D eigenvalue weighted by Crippen LogP contribution is -1.94. The van der Waals surface area contributed by atoms with Gasteiger partial charge in [-0.2, -0.15) is 5.26 Å². The van der Waals surface area contributed by atoms with E-state index in [-0.39, 0.29) is 0 Å². The normalized spacial score (nSPS) is 10.1. The van der Waals surface area contributed by atoms with Crippen LogP contribution in [0.2, 0.25) is 0 Å². The zero-order chi connectivity index (χ0) is 13.0. The molecule has 1 nitrogen and oxygen atoms in total. The first-order valence-corrected chi connectivity index (χ1v) is 6.20. The van der Waals surface area contributed by atoms with Crippen molar-refractivity contribution in [2.24, 2.45) is 0 Å². The van der Waals surface area contributed by atoms with Crippen molar-refractivity contribution >= 4 is 0 Å². The van der Waals surface area contributed by atoms with Gasteiger partial charge in [0.05, 0.1) is 12.5 Å². The van der Waals surface area contributed by atoms with Crippen LogP contribution in [-0.4, -0.2) is 0 Å². The largest absolute Gasteiger partial charge is 0.198 e. The number of hydrogen-bond acceptors (Lipinski definition) is 1. The Hall–Kier alpha value is -2.07. The van der Waals surface area contributed by atoms with Crippen LogP contribution in [0.5, 0.6) is 0 Å². The quantitative estimate of drug-likeness (QED) is 0.790. The number of rotatable bonds is 3. The smallest absolute Gasteiger partial charge is 0.0669 e. The van der Waals surface area contributed by atoms with E-state index in [1.54, 1.807) is 0 Å². The van der Waals surface area contributed by atoms with Crippen molar-refractivity contribution in [1.29, 1.82) is 5.26 Å². The van der Waals surface area contributed by atoms with Gasteiger partial charge in [0.15, 0.2) is 0 Å². The van der Waals surface area contributed by atoms with Gasteiger partial charge in [-0.1, -0.05) is 48.0 Å². The van der Waals surface area contributed by atoms with E-state index in [1.807, 2.05) is 0 Å². The first kappa shape index (κ1) is 12.4. The fraction of sp³-hybridized carbons (Fsp3) is 0.235. The summed E-state index contributed by atoms with van der Waals surface area (Å²) in [5.74, 6) is 0. The van der Waals surface area contributed by atoms with Crippen LogP contribution < -0.4 is 0 Å². The third-order valence-electron chi connectivity index (χ3n) is 3.17. The van der Waals surface area contributed by atoms with E-state index in [4.69, 9.17) is 5.26 Å². The number of benzene rings is 2. The molecule has 0 fully saturated rings. The second-order valence-corrected chi connectivity index (χ2v) is 4.76. The molecule has 18 heavy (non-hydrogen) atoms. The van der Waals surface area contributed by atoms with Crippen molar-refractivity contribution in [2.75, 3.05) is 0 Å². The third-order valence-corrected chi connectivity index (χ3v) is 3.17. The van der Waals surface area contributed by atoms with Crippen molar-refractivity contribution < 1.29 is 0 Å². The van der Waals surface area contributed by atoms with Gasteiger partial charge in [-0.15, -0.1) is 0 Å². The number of hydrogen-bond donors (Lipinski definition) is 0. The van der Waals surface area contributed by atoms with Gasteiger partial charge in [0, 0.05) is 0 Å². The summed E-state index contributed by atoms with van der Waals surface area (Å²) in [4.78, 5) is 0. The first-order chi connectivity index (χ1) is 8.69. The van der Waals surface area contributed by atoms with Crippen LogP contribution in [-0.2, 0) is 12.8 Å². The monoisotopic (exact) mass is 235 g/mol. The molecule has 0 saturated heterocycles. The average molecular weight is 235 g/mol. The second kappa shape index (κ2) is 5.51. The molecule has 2 aromatic rings. The summed E-state index contributed by atoms with van der Waals surface area (Å²) in [7, 11) is 0. The summed E-state index contributed by atoms with van der Waals surface area (Å²) in [6.07, 6.45) is 1.45. The molecule has 0 bridgehead atoms. The van der Waals surface area contributed by atoms with Crippen molar-refractivity contribution in [1.82, 2.24) is 0 Å². The Balaban J connectivity index is 2.22. The molecule has 0 aliphatic carbocycles. The molecule has 0 aliphatic heterocycles. The van der Waals surface area contributed by atoms with Gasteiger partial charge in [0.25, 0.3) is 0 Å². The molecule has 0 atom stereocenters. The van der Waals surface area contributed by atoms with E-state index >= 15 is 0 Å². The predicted molar refractivity (Wildman–Crippen MR) is 74.5 cm³/mol. The van der Waals surface area contributed by atoms with E-state index in [2.05, 4.69) is 62.4 Å². The van der Waals surface area contributed by atoms with Crippen molar-refractivity contribution in [3.63, 3.8) is 0 Å². The van der Waals surface area contributed by atoms with Gasteiger partial charge < -0.3 is 0 Å². The molecule has 0 N–H and O–H groups in total. The Kier molecular flexibility index (Phi) is 3.79. The average Bonchev–Trinajstić information content (AvgIpc) is 2.33. The Morgan fingerprint density at radius 2 is 1.83 bits per heavy atom. The van der Waals surface area contributed by atoms with E-state index in [0.717, 1.165) is 12.0 Å². The number of aryl methyl sites for hydroxylation is 2. The summed E-state index contributed by atoms with van der Waals surface area (Å²) in [6.45, 7) is 4.23. The van der Waals surface area contributed by atoms with E-state index in [0.29, 0.717) is 6.42 Å². The fourth-order valence-corrected chi connectivity index (χ4v) is 2.20. The molecule has 0 spiro atoms. The summed E-state index contributed by atoms with van der Waals surface area (Å²) in [6, 6.07) is 17.1. The standard InChI is InChI=1S/C17H17N/c1-13-4-3-5-16(10-13)12-17-7-6-15(8-9-18)11-14(17)2/h3-7,10-11H,8,12H2,1-2H3. The van der Waals surface area contributed by atoms with Crippen LogP contribution in [0.4, 0.5) is 0 Å². The molecule has 90 valence electrons. The molecular formula is C17H17N. The molecule has 2 rings (SSSR count). The number of nitrogens with zero attached hydrogens (tertiary/aromatic N) is 1. The molecule has 0 amide bonds. The van der Waals surface area contributed by atoms with Gasteiger partial charge in [-0.3, -0.25) is 0 Å². The third kappa shape index (κ3) is 2.99. The molecule has 2 aromatic carbocycles. The highest BCUT2D eigenvalue weighted by Crippen LogP contribution is 2.16. The fourth-order valence-electron chi connectivity index (χ4n) is 2.20. The van der Waals surface area contributed by atoms with Gasteiger partial charge in [-0.05, 0) is 42.5 Å². The topological polar surface area (TPSA) is 23.8 Å². The van der Waals surface area contributed by atoms with Crippen molar-refractivity contribution in [3.8, 4) is 6.07 Å². The van der Waals surface area contributed by atoms with Crippen LogP contribution in [0.3, 0.4) is 0 Å². The summed E-state index contributed by atoms with van der Waals surface area (Å²) in [5, 5.41) is 8.70.